The van der Waals surface area contributed by atoms with E-state index in [9.17, 15) is 4.79 Å². The molecule has 0 atom stereocenters. The number of hydrogen-bond acceptors (Lipinski definition) is 3. The molecule has 2 aromatic rings. The lowest BCUT2D eigenvalue weighted by Gasteiger charge is -2.10. The maximum Gasteiger partial charge on any atom is 0.319 e. The summed E-state index contributed by atoms with van der Waals surface area (Å²) >= 11 is 1.83. The SMILES string of the molecule is Cc1ccc2c(NC(=O)NCCSC(C)C)cccc2n1. The van der Waals surface area contributed by atoms with Crippen LogP contribution in [0.25, 0.3) is 10.9 Å². The van der Waals surface area contributed by atoms with Crippen LogP contribution in [-0.4, -0.2) is 28.6 Å². The zero-order valence-electron chi connectivity index (χ0n) is 12.6. The molecule has 0 spiro atoms. The van der Waals surface area contributed by atoms with E-state index in [2.05, 4.69) is 29.5 Å². The molecule has 0 aliphatic heterocycles. The summed E-state index contributed by atoms with van der Waals surface area (Å²) in [4.78, 5) is 16.4. The number of amides is 2. The molecular formula is C16H21N3OS. The fraction of sp³-hybridized carbons (Fsp3) is 0.375. The molecule has 0 radical (unpaired) electrons. The highest BCUT2D eigenvalue weighted by Gasteiger charge is 2.06. The molecule has 0 unspecified atom stereocenters. The van der Waals surface area contributed by atoms with Gasteiger partial charge in [0.1, 0.15) is 0 Å². The number of aromatic nitrogens is 1. The molecular weight excluding hydrogens is 282 g/mol. The highest BCUT2D eigenvalue weighted by Crippen LogP contribution is 2.22. The molecule has 1 heterocycles. The fourth-order valence-corrected chi connectivity index (χ4v) is 2.68. The topological polar surface area (TPSA) is 54.0 Å². The van der Waals surface area contributed by atoms with Crippen molar-refractivity contribution in [3.8, 4) is 0 Å². The van der Waals surface area contributed by atoms with E-state index in [4.69, 9.17) is 0 Å². The lowest BCUT2D eigenvalue weighted by atomic mass is 10.1. The van der Waals surface area contributed by atoms with E-state index in [1.165, 1.54) is 0 Å². The molecule has 2 N–H and O–H groups in total. The van der Waals surface area contributed by atoms with E-state index in [-0.39, 0.29) is 6.03 Å². The molecule has 2 rings (SSSR count). The summed E-state index contributed by atoms with van der Waals surface area (Å²) in [6, 6.07) is 9.50. The van der Waals surface area contributed by atoms with Gasteiger partial charge >= 0.3 is 6.03 Å². The van der Waals surface area contributed by atoms with Gasteiger partial charge in [-0.05, 0) is 36.4 Å². The predicted molar refractivity (Wildman–Crippen MR) is 91.1 cm³/mol. The Hall–Kier alpha value is -1.75. The number of aryl methyl sites for hydroxylation is 1. The molecule has 4 nitrogen and oxygen atoms in total. The summed E-state index contributed by atoms with van der Waals surface area (Å²) in [7, 11) is 0. The molecule has 5 heteroatoms. The lowest BCUT2D eigenvalue weighted by molar-refractivity contribution is 0.252. The van der Waals surface area contributed by atoms with Crippen molar-refractivity contribution >= 4 is 34.4 Å². The first-order chi connectivity index (χ1) is 10.1. The number of urea groups is 1. The van der Waals surface area contributed by atoms with Crippen LogP contribution in [0.5, 0.6) is 0 Å². The number of carbonyl (C=O) groups excluding carboxylic acids is 1. The van der Waals surface area contributed by atoms with Gasteiger partial charge in [0.05, 0.1) is 11.2 Å². The van der Waals surface area contributed by atoms with Crippen molar-refractivity contribution < 1.29 is 4.79 Å². The Morgan fingerprint density at radius 3 is 2.86 bits per heavy atom. The van der Waals surface area contributed by atoms with E-state index in [0.29, 0.717) is 11.8 Å². The van der Waals surface area contributed by atoms with Crippen LogP contribution in [0.1, 0.15) is 19.5 Å². The van der Waals surface area contributed by atoms with Gasteiger partial charge in [-0.15, -0.1) is 0 Å². The minimum Gasteiger partial charge on any atom is -0.337 e. The average Bonchev–Trinajstić information content (AvgIpc) is 2.43. The van der Waals surface area contributed by atoms with E-state index >= 15 is 0 Å². The third-order valence-corrected chi connectivity index (χ3v) is 4.06. The smallest absolute Gasteiger partial charge is 0.319 e. The van der Waals surface area contributed by atoms with Crippen LogP contribution >= 0.6 is 11.8 Å². The van der Waals surface area contributed by atoms with Gasteiger partial charge in [-0.2, -0.15) is 11.8 Å². The van der Waals surface area contributed by atoms with Crippen molar-refractivity contribution in [1.29, 1.82) is 0 Å². The number of thioether (sulfide) groups is 1. The van der Waals surface area contributed by atoms with Crippen molar-refractivity contribution in [2.45, 2.75) is 26.0 Å². The Bertz CT molecular complexity index is 628. The quantitative estimate of drug-likeness (QED) is 0.826. The van der Waals surface area contributed by atoms with Crippen LogP contribution in [0.15, 0.2) is 30.3 Å². The number of nitrogens with zero attached hydrogens (tertiary/aromatic N) is 1. The Balaban J connectivity index is 1.98. The molecule has 1 aromatic carbocycles. The van der Waals surface area contributed by atoms with Gasteiger partial charge in [-0.3, -0.25) is 4.98 Å². The minimum absolute atomic E-state index is 0.174. The van der Waals surface area contributed by atoms with Gasteiger partial charge in [-0.25, -0.2) is 4.79 Å². The summed E-state index contributed by atoms with van der Waals surface area (Å²) in [6.07, 6.45) is 0. The van der Waals surface area contributed by atoms with Crippen LogP contribution in [0.3, 0.4) is 0 Å². The van der Waals surface area contributed by atoms with Crippen LogP contribution < -0.4 is 10.6 Å². The lowest BCUT2D eigenvalue weighted by Crippen LogP contribution is -2.30. The summed E-state index contributed by atoms with van der Waals surface area (Å²) in [5.74, 6) is 0.918. The number of anilines is 1. The average molecular weight is 303 g/mol. The summed E-state index contributed by atoms with van der Waals surface area (Å²) < 4.78 is 0. The zero-order valence-corrected chi connectivity index (χ0v) is 13.5. The van der Waals surface area contributed by atoms with Gasteiger partial charge in [0.25, 0.3) is 0 Å². The van der Waals surface area contributed by atoms with Gasteiger partial charge in [-0.1, -0.05) is 19.9 Å². The van der Waals surface area contributed by atoms with Crippen LogP contribution in [0.2, 0.25) is 0 Å². The second-order valence-corrected chi connectivity index (χ2v) is 6.81. The predicted octanol–water partition coefficient (Wildman–Crippen LogP) is 3.81. The van der Waals surface area contributed by atoms with E-state index in [0.717, 1.165) is 28.0 Å². The fourth-order valence-electron chi connectivity index (χ4n) is 1.99. The first kappa shape index (κ1) is 15.6. The van der Waals surface area contributed by atoms with Gasteiger partial charge < -0.3 is 10.6 Å². The highest BCUT2D eigenvalue weighted by molar-refractivity contribution is 7.99. The molecule has 0 saturated heterocycles. The molecule has 1 aromatic heterocycles. The third-order valence-electron chi connectivity index (χ3n) is 2.96. The first-order valence-corrected chi connectivity index (χ1v) is 8.14. The van der Waals surface area contributed by atoms with Crippen LogP contribution in [0.4, 0.5) is 10.5 Å². The molecule has 21 heavy (non-hydrogen) atoms. The molecule has 0 aliphatic carbocycles. The maximum absolute atomic E-state index is 11.9. The monoisotopic (exact) mass is 303 g/mol. The second-order valence-electron chi connectivity index (χ2n) is 5.13. The van der Waals surface area contributed by atoms with Crippen molar-refractivity contribution in [1.82, 2.24) is 10.3 Å². The molecule has 0 aliphatic rings. The summed E-state index contributed by atoms with van der Waals surface area (Å²) in [6.45, 7) is 6.92. The standard InChI is InChI=1S/C16H21N3OS/c1-11(2)21-10-9-17-16(20)19-15-6-4-5-14-13(15)8-7-12(3)18-14/h4-8,11H,9-10H2,1-3H3,(H2,17,19,20). The number of nitrogens with one attached hydrogen (secondary N) is 2. The van der Waals surface area contributed by atoms with E-state index in [1.807, 2.05) is 49.0 Å². The van der Waals surface area contributed by atoms with Crippen molar-refractivity contribution in [2.24, 2.45) is 0 Å². The van der Waals surface area contributed by atoms with E-state index < -0.39 is 0 Å². The zero-order chi connectivity index (χ0) is 15.2. The van der Waals surface area contributed by atoms with Gasteiger partial charge in [0.2, 0.25) is 0 Å². The number of carbonyl (C=O) groups is 1. The van der Waals surface area contributed by atoms with Crippen LogP contribution in [-0.2, 0) is 0 Å². The maximum atomic E-state index is 11.9. The molecule has 112 valence electrons. The molecule has 0 saturated carbocycles. The number of rotatable bonds is 5. The number of pyridine rings is 1. The van der Waals surface area contributed by atoms with Crippen molar-refractivity contribution in [3.63, 3.8) is 0 Å². The van der Waals surface area contributed by atoms with Crippen molar-refractivity contribution in [3.05, 3.63) is 36.0 Å². The molecule has 0 fully saturated rings. The minimum atomic E-state index is -0.174. The second kappa shape index (κ2) is 7.31. The first-order valence-electron chi connectivity index (χ1n) is 7.09. The number of benzene rings is 1. The Morgan fingerprint density at radius 2 is 2.10 bits per heavy atom. The van der Waals surface area contributed by atoms with Crippen molar-refractivity contribution in [2.75, 3.05) is 17.6 Å². The largest absolute Gasteiger partial charge is 0.337 e. The number of fused-ring (bicyclic) bond motifs is 1. The Labute approximate surface area is 129 Å². The third kappa shape index (κ3) is 4.63. The van der Waals surface area contributed by atoms with Crippen LogP contribution in [0, 0.1) is 6.92 Å². The summed E-state index contributed by atoms with van der Waals surface area (Å²) in [5.41, 5.74) is 2.65. The normalized spacial score (nSPS) is 10.9. The number of hydrogen-bond donors (Lipinski definition) is 2. The highest BCUT2D eigenvalue weighted by atomic mass is 32.2. The molecule has 2 amide bonds. The summed E-state index contributed by atoms with van der Waals surface area (Å²) in [5, 5.41) is 7.30. The molecule has 0 bridgehead atoms. The Morgan fingerprint density at radius 1 is 1.29 bits per heavy atom. The van der Waals surface area contributed by atoms with Gasteiger partial charge in [0.15, 0.2) is 0 Å². The van der Waals surface area contributed by atoms with E-state index in [1.54, 1.807) is 0 Å². The van der Waals surface area contributed by atoms with Gasteiger partial charge in [0, 0.05) is 23.4 Å². The Kier molecular flexibility index (Phi) is 5.44.